The molecule has 2 aromatic carbocycles. The lowest BCUT2D eigenvalue weighted by molar-refractivity contribution is 0.0178. The van der Waals surface area contributed by atoms with Crippen LogP contribution < -0.4 is 0 Å². The number of halogens is 1. The molecule has 1 atom stereocenters. The van der Waals surface area contributed by atoms with E-state index in [0.29, 0.717) is 11.8 Å². The zero-order valence-corrected chi connectivity index (χ0v) is 18.9. The van der Waals surface area contributed by atoms with E-state index >= 15 is 0 Å². The van der Waals surface area contributed by atoms with Crippen LogP contribution in [0.3, 0.4) is 0 Å². The van der Waals surface area contributed by atoms with Crippen molar-refractivity contribution in [3.8, 4) is 0 Å². The SMILES string of the molecule is CC(C)(C)OC(=O)N1CCC(C2c3ccccc3C=C(Br)c3ccccc32)CC1. The van der Waals surface area contributed by atoms with Crippen LogP contribution in [0.2, 0.25) is 0 Å². The summed E-state index contributed by atoms with van der Waals surface area (Å²) in [5.74, 6) is 0.817. The second kappa shape index (κ2) is 7.98. The van der Waals surface area contributed by atoms with Crippen LogP contribution in [0.25, 0.3) is 10.6 Å². The standard InChI is InChI=1S/C25H28BrNO2/c1-25(2,3)29-24(28)27-14-12-17(13-15-27)23-19-9-5-4-8-18(19)16-22(26)20-10-6-7-11-21(20)23/h4-11,16-17,23H,12-15H2,1-3H3. The van der Waals surface area contributed by atoms with E-state index in [1.54, 1.807) is 0 Å². The van der Waals surface area contributed by atoms with Crippen LogP contribution in [0.5, 0.6) is 0 Å². The first-order chi connectivity index (χ1) is 13.8. The maximum atomic E-state index is 12.5. The highest BCUT2D eigenvalue weighted by molar-refractivity contribution is 9.15. The molecule has 2 aliphatic rings. The van der Waals surface area contributed by atoms with Gasteiger partial charge in [-0.25, -0.2) is 4.79 Å². The van der Waals surface area contributed by atoms with Crippen molar-refractivity contribution in [2.24, 2.45) is 5.92 Å². The molecule has 1 amide bonds. The van der Waals surface area contributed by atoms with Crippen LogP contribution in [0.15, 0.2) is 48.5 Å². The molecule has 1 aliphatic carbocycles. The van der Waals surface area contributed by atoms with Crippen LogP contribution in [0.1, 0.15) is 61.8 Å². The average Bonchev–Trinajstić information content (AvgIpc) is 2.81. The molecule has 152 valence electrons. The summed E-state index contributed by atoms with van der Waals surface area (Å²) >= 11 is 3.81. The van der Waals surface area contributed by atoms with Crippen LogP contribution >= 0.6 is 15.9 Å². The van der Waals surface area contributed by atoms with E-state index in [2.05, 4.69) is 70.5 Å². The Hall–Kier alpha value is -2.07. The number of carbonyl (C=O) groups is 1. The summed E-state index contributed by atoms with van der Waals surface area (Å²) in [6.07, 6.45) is 4.00. The topological polar surface area (TPSA) is 29.5 Å². The Labute approximate surface area is 181 Å². The molecule has 4 heteroatoms. The fraction of sp³-hybridized carbons (Fsp3) is 0.400. The molecular formula is C25H28BrNO2. The highest BCUT2D eigenvalue weighted by Gasteiger charge is 2.34. The maximum Gasteiger partial charge on any atom is 0.410 e. The second-order valence-corrected chi connectivity index (χ2v) is 9.85. The molecule has 3 nitrogen and oxygen atoms in total. The van der Waals surface area contributed by atoms with Crippen molar-refractivity contribution >= 4 is 32.6 Å². The lowest BCUT2D eigenvalue weighted by Gasteiger charge is -2.37. The van der Waals surface area contributed by atoms with E-state index < -0.39 is 5.60 Å². The third-order valence-electron chi connectivity index (χ3n) is 5.83. The minimum atomic E-state index is -0.453. The van der Waals surface area contributed by atoms with Gasteiger partial charge in [0.25, 0.3) is 0 Å². The van der Waals surface area contributed by atoms with Gasteiger partial charge in [0.15, 0.2) is 0 Å². The van der Waals surface area contributed by atoms with Gasteiger partial charge in [0.05, 0.1) is 0 Å². The zero-order valence-electron chi connectivity index (χ0n) is 17.3. The van der Waals surface area contributed by atoms with Gasteiger partial charge in [-0.1, -0.05) is 64.5 Å². The summed E-state index contributed by atoms with van der Waals surface area (Å²) in [7, 11) is 0. The number of rotatable bonds is 1. The summed E-state index contributed by atoms with van der Waals surface area (Å²) in [5.41, 5.74) is 4.84. The van der Waals surface area contributed by atoms with Crippen LogP contribution in [-0.4, -0.2) is 29.7 Å². The lowest BCUT2D eigenvalue weighted by Crippen LogP contribution is -2.42. The molecule has 1 aliphatic heterocycles. The summed E-state index contributed by atoms with van der Waals surface area (Å²) in [6.45, 7) is 7.25. The second-order valence-electron chi connectivity index (χ2n) is 8.99. The molecule has 1 heterocycles. The molecule has 2 aromatic rings. The van der Waals surface area contributed by atoms with E-state index in [1.165, 1.54) is 22.3 Å². The molecule has 0 aromatic heterocycles. The smallest absolute Gasteiger partial charge is 0.410 e. The van der Waals surface area contributed by atoms with Gasteiger partial charge < -0.3 is 9.64 Å². The molecule has 1 fully saturated rings. The van der Waals surface area contributed by atoms with Crippen molar-refractivity contribution in [1.29, 1.82) is 0 Å². The average molecular weight is 454 g/mol. The lowest BCUT2D eigenvalue weighted by atomic mass is 9.74. The largest absolute Gasteiger partial charge is 0.444 e. The van der Waals surface area contributed by atoms with Gasteiger partial charge in [0.2, 0.25) is 0 Å². The third-order valence-corrected chi connectivity index (χ3v) is 6.49. The Morgan fingerprint density at radius 3 is 2.31 bits per heavy atom. The van der Waals surface area contributed by atoms with Gasteiger partial charge in [-0.3, -0.25) is 0 Å². The predicted molar refractivity (Wildman–Crippen MR) is 122 cm³/mol. The van der Waals surface area contributed by atoms with E-state index in [9.17, 15) is 4.79 Å². The van der Waals surface area contributed by atoms with Crippen molar-refractivity contribution in [1.82, 2.24) is 4.90 Å². The van der Waals surface area contributed by atoms with Gasteiger partial charge in [0, 0.05) is 23.5 Å². The first-order valence-electron chi connectivity index (χ1n) is 10.4. The van der Waals surface area contributed by atoms with Gasteiger partial charge in [0.1, 0.15) is 5.60 Å². The molecule has 0 N–H and O–H groups in total. The van der Waals surface area contributed by atoms with Crippen LogP contribution in [0, 0.1) is 5.92 Å². The maximum absolute atomic E-state index is 12.5. The summed E-state index contributed by atoms with van der Waals surface area (Å²) in [5, 5.41) is 0. The number of hydrogen-bond acceptors (Lipinski definition) is 2. The molecule has 1 unspecified atom stereocenters. The predicted octanol–water partition coefficient (Wildman–Crippen LogP) is 6.67. The molecular weight excluding hydrogens is 426 g/mol. The van der Waals surface area contributed by atoms with Gasteiger partial charge in [-0.2, -0.15) is 0 Å². The first kappa shape index (κ1) is 20.2. The Morgan fingerprint density at radius 1 is 1.00 bits per heavy atom. The quantitative estimate of drug-likeness (QED) is 0.482. The molecule has 0 spiro atoms. The van der Waals surface area contributed by atoms with E-state index in [4.69, 9.17) is 4.74 Å². The highest BCUT2D eigenvalue weighted by Crippen LogP contribution is 2.46. The highest BCUT2D eigenvalue weighted by atomic mass is 79.9. The minimum Gasteiger partial charge on any atom is -0.444 e. The number of hydrogen-bond donors (Lipinski definition) is 0. The normalized spacial score (nSPS) is 19.7. The molecule has 29 heavy (non-hydrogen) atoms. The Bertz CT molecular complexity index is 936. The van der Waals surface area contributed by atoms with Crippen molar-refractivity contribution in [2.45, 2.75) is 45.1 Å². The fourth-order valence-electron chi connectivity index (χ4n) is 4.54. The van der Waals surface area contributed by atoms with Crippen molar-refractivity contribution in [3.05, 3.63) is 70.8 Å². The molecule has 0 radical (unpaired) electrons. The number of ether oxygens (including phenoxy) is 1. The van der Waals surface area contributed by atoms with Gasteiger partial charge in [-0.15, -0.1) is 0 Å². The summed E-state index contributed by atoms with van der Waals surface area (Å²) in [4.78, 5) is 14.3. The molecule has 0 saturated carbocycles. The fourth-order valence-corrected chi connectivity index (χ4v) is 5.15. The van der Waals surface area contributed by atoms with Gasteiger partial charge in [-0.05, 0) is 67.9 Å². The Kier molecular flexibility index (Phi) is 5.56. The zero-order chi connectivity index (χ0) is 20.6. The number of fused-ring (bicyclic) bond motifs is 2. The third kappa shape index (κ3) is 4.28. The van der Waals surface area contributed by atoms with E-state index in [1.807, 2.05) is 25.7 Å². The summed E-state index contributed by atoms with van der Waals surface area (Å²) in [6, 6.07) is 17.4. The van der Waals surface area contributed by atoms with E-state index in [-0.39, 0.29) is 6.09 Å². The van der Waals surface area contributed by atoms with E-state index in [0.717, 1.165) is 30.4 Å². The number of carbonyl (C=O) groups excluding carboxylic acids is 1. The Balaban J connectivity index is 1.62. The van der Waals surface area contributed by atoms with Gasteiger partial charge >= 0.3 is 6.09 Å². The summed E-state index contributed by atoms with van der Waals surface area (Å²) < 4.78 is 6.71. The van der Waals surface area contributed by atoms with Crippen molar-refractivity contribution < 1.29 is 9.53 Å². The van der Waals surface area contributed by atoms with Crippen molar-refractivity contribution in [2.75, 3.05) is 13.1 Å². The van der Waals surface area contributed by atoms with Crippen molar-refractivity contribution in [3.63, 3.8) is 0 Å². The number of amides is 1. The number of benzene rings is 2. The number of nitrogens with zero attached hydrogens (tertiary/aromatic N) is 1. The van der Waals surface area contributed by atoms with Crippen LogP contribution in [0.4, 0.5) is 4.79 Å². The van der Waals surface area contributed by atoms with Crippen LogP contribution in [-0.2, 0) is 4.74 Å². The molecule has 1 saturated heterocycles. The molecule has 0 bridgehead atoms. The monoisotopic (exact) mass is 453 g/mol. The molecule has 4 rings (SSSR count). The number of likely N-dealkylation sites (tertiary alicyclic amines) is 1. The minimum absolute atomic E-state index is 0.193. The number of piperidine rings is 1. The first-order valence-corrected chi connectivity index (χ1v) is 11.2. The Morgan fingerprint density at radius 2 is 1.62 bits per heavy atom.